The second-order valence-corrected chi connectivity index (χ2v) is 10.4. The van der Waals surface area contributed by atoms with Crippen LogP contribution < -0.4 is 0 Å². The van der Waals surface area contributed by atoms with Crippen LogP contribution in [0.1, 0.15) is 34.2 Å². The maximum atomic E-state index is 5.14. The Morgan fingerprint density at radius 3 is 0.900 bits per heavy atom. The predicted molar refractivity (Wildman–Crippen MR) is 163 cm³/mol. The van der Waals surface area contributed by atoms with Crippen LogP contribution in [0.25, 0.3) is 33.4 Å². The van der Waals surface area contributed by atoms with Crippen molar-refractivity contribution in [2.75, 3.05) is 0 Å². The molecule has 6 rings (SSSR count). The molecule has 6 nitrogen and oxygen atoms in total. The SMILES string of the molecule is Cc1nn([B-](n2nc(C)c(-c3ccccc3)c2C)n2nc(C)c(-c3ccccc3)c2C)c(C)c1-c1ccccc1. The van der Waals surface area contributed by atoms with Crippen LogP contribution in [-0.2, 0) is 0 Å². The molecule has 0 unspecified atom stereocenters. The van der Waals surface area contributed by atoms with Gasteiger partial charge in [-0.1, -0.05) is 91.0 Å². The Hall–Kier alpha value is -4.65. The smallest absolute Gasteiger partial charge is 0.261 e. The zero-order valence-electron chi connectivity index (χ0n) is 23.9. The van der Waals surface area contributed by atoms with E-state index in [-0.39, 0.29) is 0 Å². The van der Waals surface area contributed by atoms with Crippen LogP contribution in [0.3, 0.4) is 0 Å². The Bertz CT molecular complexity index is 1580. The van der Waals surface area contributed by atoms with Gasteiger partial charge in [0.05, 0.1) is 17.1 Å². The van der Waals surface area contributed by atoms with Crippen molar-refractivity contribution in [1.82, 2.24) is 29.1 Å². The third-order valence-corrected chi connectivity index (χ3v) is 7.82. The van der Waals surface area contributed by atoms with Crippen LogP contribution in [0, 0.1) is 41.5 Å². The minimum atomic E-state index is -0.427. The van der Waals surface area contributed by atoms with Crippen LogP contribution in [0.2, 0.25) is 0 Å². The minimum absolute atomic E-state index is 0.427. The molecule has 0 atom stereocenters. The summed E-state index contributed by atoms with van der Waals surface area (Å²) in [5, 5.41) is 15.4. The standard InChI is InChI=1S/C33H33BN6/c1-22-31(28-16-10-7-11-17-28)25(4)38(35-22)34(39-26(5)32(23(2)36-39)29-18-12-8-13-19-29)40-27(6)33(24(3)37-40)30-20-14-9-15-21-30/h7-21H,1-6H3/q-1. The first-order valence-electron chi connectivity index (χ1n) is 13.7. The van der Waals surface area contributed by atoms with E-state index in [1.807, 2.05) is 18.2 Å². The third-order valence-electron chi connectivity index (χ3n) is 7.82. The molecule has 0 aliphatic heterocycles. The van der Waals surface area contributed by atoms with E-state index >= 15 is 0 Å². The summed E-state index contributed by atoms with van der Waals surface area (Å²) < 4.78 is 6.25. The van der Waals surface area contributed by atoms with Gasteiger partial charge < -0.3 is 13.8 Å². The molecule has 0 amide bonds. The van der Waals surface area contributed by atoms with Gasteiger partial charge in [0.2, 0.25) is 0 Å². The van der Waals surface area contributed by atoms with Gasteiger partial charge in [-0.25, -0.2) is 15.3 Å². The van der Waals surface area contributed by atoms with Gasteiger partial charge in [0.15, 0.2) is 0 Å². The molecule has 0 saturated carbocycles. The Morgan fingerprint density at radius 1 is 0.400 bits per heavy atom. The number of hydrogen-bond donors (Lipinski definition) is 0. The summed E-state index contributed by atoms with van der Waals surface area (Å²) in [6.07, 6.45) is 0. The minimum Gasteiger partial charge on any atom is -0.422 e. The van der Waals surface area contributed by atoms with Crippen LogP contribution in [0.4, 0.5) is 0 Å². The van der Waals surface area contributed by atoms with Crippen molar-refractivity contribution in [3.8, 4) is 33.4 Å². The molecule has 0 spiro atoms. The molecule has 40 heavy (non-hydrogen) atoms. The highest BCUT2D eigenvalue weighted by molar-refractivity contribution is 6.53. The van der Waals surface area contributed by atoms with Crippen LogP contribution in [0.5, 0.6) is 0 Å². The van der Waals surface area contributed by atoms with Gasteiger partial charge in [-0.2, -0.15) is 0 Å². The van der Waals surface area contributed by atoms with Crippen LogP contribution in [-0.4, -0.2) is 36.2 Å². The molecule has 0 aliphatic carbocycles. The van der Waals surface area contributed by atoms with Crippen molar-refractivity contribution in [2.45, 2.75) is 41.5 Å². The van der Waals surface area contributed by atoms with E-state index in [1.165, 1.54) is 0 Å². The summed E-state index contributed by atoms with van der Waals surface area (Å²) in [6, 6.07) is 31.4. The summed E-state index contributed by atoms with van der Waals surface area (Å²) >= 11 is 0. The van der Waals surface area contributed by atoms with Crippen LogP contribution in [0.15, 0.2) is 91.0 Å². The number of aryl methyl sites for hydroxylation is 3. The van der Waals surface area contributed by atoms with Crippen molar-refractivity contribution in [1.29, 1.82) is 0 Å². The lowest BCUT2D eigenvalue weighted by molar-refractivity contribution is 0.730. The zero-order chi connectivity index (χ0) is 28.0. The third kappa shape index (κ3) is 4.18. The molecule has 3 aromatic carbocycles. The fourth-order valence-electron chi connectivity index (χ4n) is 6.04. The van der Waals surface area contributed by atoms with Gasteiger partial charge in [-0.3, -0.25) is 0 Å². The van der Waals surface area contributed by atoms with Gasteiger partial charge in [0, 0.05) is 33.8 Å². The largest absolute Gasteiger partial charge is 0.422 e. The number of benzene rings is 3. The summed E-state index contributed by atoms with van der Waals surface area (Å²) in [5.41, 5.74) is 13.0. The van der Waals surface area contributed by atoms with Gasteiger partial charge in [-0.15, -0.1) is 0 Å². The Kier molecular flexibility index (Phi) is 6.50. The van der Waals surface area contributed by atoms with Crippen molar-refractivity contribution >= 4 is 7.12 Å². The molecule has 7 heteroatoms. The monoisotopic (exact) mass is 524 g/mol. The Balaban J connectivity index is 1.62. The Labute approximate surface area is 236 Å². The first kappa shape index (κ1) is 25.6. The van der Waals surface area contributed by atoms with E-state index in [4.69, 9.17) is 15.3 Å². The molecule has 0 fully saturated rings. The average Bonchev–Trinajstić information content (AvgIpc) is 3.54. The number of aromatic nitrogens is 6. The Morgan fingerprint density at radius 2 is 0.650 bits per heavy atom. The van der Waals surface area contributed by atoms with Crippen molar-refractivity contribution in [3.05, 3.63) is 125 Å². The second kappa shape index (κ2) is 10.2. The lowest BCUT2D eigenvalue weighted by Gasteiger charge is -2.34. The highest BCUT2D eigenvalue weighted by Crippen LogP contribution is 2.32. The zero-order valence-corrected chi connectivity index (χ0v) is 23.9. The molecule has 0 N–H and O–H groups in total. The summed E-state index contributed by atoms with van der Waals surface area (Å²) in [5.74, 6) is 0. The van der Waals surface area contributed by atoms with Gasteiger partial charge in [-0.05, 0) is 58.2 Å². The van der Waals surface area contributed by atoms with E-state index in [2.05, 4.69) is 128 Å². The molecule has 3 heterocycles. The molecule has 1 radical (unpaired) electrons. The fraction of sp³-hybridized carbons (Fsp3) is 0.182. The summed E-state index contributed by atoms with van der Waals surface area (Å²) in [6.45, 7) is 12.7. The van der Waals surface area contributed by atoms with Gasteiger partial charge in [0.1, 0.15) is 0 Å². The van der Waals surface area contributed by atoms with E-state index in [1.54, 1.807) is 0 Å². The van der Waals surface area contributed by atoms with Gasteiger partial charge >= 0.3 is 0 Å². The molecule has 0 bridgehead atoms. The molecule has 199 valence electrons. The molecular formula is C33H33BN6-. The molecule has 0 aliphatic rings. The molecule has 6 aromatic rings. The first-order valence-corrected chi connectivity index (χ1v) is 13.7. The van der Waals surface area contributed by atoms with Crippen molar-refractivity contribution in [2.24, 2.45) is 0 Å². The average molecular weight is 524 g/mol. The highest BCUT2D eigenvalue weighted by Gasteiger charge is 2.24. The van der Waals surface area contributed by atoms with Gasteiger partial charge in [0.25, 0.3) is 7.12 Å². The predicted octanol–water partition coefficient (Wildman–Crippen LogP) is 7.06. The highest BCUT2D eigenvalue weighted by atomic mass is 15.5. The van der Waals surface area contributed by atoms with Crippen molar-refractivity contribution in [3.63, 3.8) is 0 Å². The number of nitrogens with zero attached hydrogens (tertiary/aromatic N) is 6. The topological polar surface area (TPSA) is 53.5 Å². The number of hydrogen-bond acceptors (Lipinski definition) is 3. The van der Waals surface area contributed by atoms with E-state index in [0.29, 0.717) is 0 Å². The maximum absolute atomic E-state index is 5.14. The fourth-order valence-corrected chi connectivity index (χ4v) is 6.04. The van der Waals surface area contributed by atoms with Crippen LogP contribution >= 0.6 is 0 Å². The summed E-state index contributed by atoms with van der Waals surface area (Å²) in [4.78, 5) is 0. The van der Waals surface area contributed by atoms with Crippen molar-refractivity contribution < 1.29 is 0 Å². The van der Waals surface area contributed by atoms with E-state index in [9.17, 15) is 0 Å². The lowest BCUT2D eigenvalue weighted by atomic mass is 9.90. The van der Waals surface area contributed by atoms with E-state index in [0.717, 1.165) is 67.5 Å². The van der Waals surface area contributed by atoms with E-state index < -0.39 is 7.12 Å². The normalized spacial score (nSPS) is 11.5. The number of rotatable bonds is 6. The molecule has 3 aromatic heterocycles. The maximum Gasteiger partial charge on any atom is 0.261 e. The first-order chi connectivity index (χ1) is 19.4. The summed E-state index contributed by atoms with van der Waals surface area (Å²) in [7, 11) is -0.427. The lowest BCUT2D eigenvalue weighted by Crippen LogP contribution is -2.45. The second-order valence-electron chi connectivity index (χ2n) is 10.4. The molecule has 0 saturated heterocycles. The quantitative estimate of drug-likeness (QED) is 0.219. The molecular weight excluding hydrogens is 491 g/mol.